The summed E-state index contributed by atoms with van der Waals surface area (Å²) in [6.07, 6.45) is 2.66. The number of aromatic nitrogens is 4. The van der Waals surface area contributed by atoms with Crippen LogP contribution in [0.2, 0.25) is 0 Å². The first-order valence-corrected chi connectivity index (χ1v) is 10.1. The number of anilines is 1. The number of methoxy groups -OCH3 is 1. The van der Waals surface area contributed by atoms with Crippen LogP contribution in [0.15, 0.2) is 54.9 Å². The fourth-order valence-electron chi connectivity index (χ4n) is 4.17. The van der Waals surface area contributed by atoms with E-state index >= 15 is 0 Å². The number of nitrogens with zero attached hydrogens (tertiary/aromatic N) is 4. The van der Waals surface area contributed by atoms with Crippen molar-refractivity contribution in [3.63, 3.8) is 0 Å². The van der Waals surface area contributed by atoms with Crippen LogP contribution in [-0.2, 0) is 0 Å². The highest BCUT2D eigenvalue weighted by atomic mass is 16.5. The molecule has 0 radical (unpaired) electrons. The van der Waals surface area contributed by atoms with Crippen molar-refractivity contribution in [3.8, 4) is 28.5 Å². The molecule has 3 N–H and O–H groups in total. The van der Waals surface area contributed by atoms with Gasteiger partial charge in [-0.1, -0.05) is 18.2 Å². The van der Waals surface area contributed by atoms with E-state index < -0.39 is 5.60 Å². The van der Waals surface area contributed by atoms with Gasteiger partial charge in [0.2, 0.25) is 0 Å². The van der Waals surface area contributed by atoms with E-state index in [4.69, 9.17) is 20.2 Å². The number of para-hydroxylation sites is 1. The highest BCUT2D eigenvalue weighted by Crippen LogP contribution is 2.46. The Morgan fingerprint density at radius 1 is 1.13 bits per heavy atom. The van der Waals surface area contributed by atoms with E-state index in [2.05, 4.69) is 10.1 Å². The molecule has 0 unspecified atom stereocenters. The van der Waals surface area contributed by atoms with E-state index in [1.54, 1.807) is 11.6 Å². The molecular weight excluding hydrogens is 394 g/mol. The van der Waals surface area contributed by atoms with Crippen LogP contribution in [0.25, 0.3) is 16.8 Å². The molecule has 0 bridgehead atoms. The van der Waals surface area contributed by atoms with Crippen LogP contribution < -0.4 is 15.2 Å². The lowest BCUT2D eigenvalue weighted by atomic mass is 9.72. The summed E-state index contributed by atoms with van der Waals surface area (Å²) < 4.78 is 13.3. The molecule has 5 rings (SSSR count). The third-order valence-electron chi connectivity index (χ3n) is 5.63. The standard InChI is InChI=1S/C23H23N5O3/c1-23(29)11-14(12-23)22-27-19(20-21(24)25-13-26-28(20)22)17-9-8-16(10-18(17)30-2)31-15-6-4-3-5-7-15/h3-10,13-14,29H,11-12H2,1-2H3,(H2,24,25,26)/t14-,23+. The Morgan fingerprint density at radius 3 is 2.61 bits per heavy atom. The molecule has 4 aromatic rings. The number of hydrogen-bond acceptors (Lipinski definition) is 7. The van der Waals surface area contributed by atoms with Crippen molar-refractivity contribution >= 4 is 11.3 Å². The molecule has 8 heteroatoms. The first-order valence-electron chi connectivity index (χ1n) is 10.1. The first-order chi connectivity index (χ1) is 14.9. The van der Waals surface area contributed by atoms with Gasteiger partial charge in [-0.25, -0.2) is 14.5 Å². The molecule has 1 fully saturated rings. The monoisotopic (exact) mass is 417 g/mol. The fourth-order valence-corrected chi connectivity index (χ4v) is 4.17. The van der Waals surface area contributed by atoms with Gasteiger partial charge >= 0.3 is 0 Å². The Kier molecular flexibility index (Phi) is 4.51. The molecule has 0 amide bonds. The van der Waals surface area contributed by atoms with Gasteiger partial charge in [-0.2, -0.15) is 5.10 Å². The summed E-state index contributed by atoms with van der Waals surface area (Å²) in [5, 5.41) is 14.6. The molecule has 158 valence electrons. The average molecular weight is 417 g/mol. The molecule has 2 aromatic carbocycles. The number of ether oxygens (including phenoxy) is 2. The summed E-state index contributed by atoms with van der Waals surface area (Å²) in [6, 6.07) is 15.1. The maximum absolute atomic E-state index is 10.2. The predicted octanol–water partition coefficient (Wildman–Crippen LogP) is 3.80. The van der Waals surface area contributed by atoms with Crippen LogP contribution in [0.1, 0.15) is 31.5 Å². The molecular formula is C23H23N5O3. The van der Waals surface area contributed by atoms with Gasteiger partial charge in [0.1, 0.15) is 40.6 Å². The number of nitrogens with two attached hydrogens (primary N) is 1. The van der Waals surface area contributed by atoms with Crippen molar-refractivity contribution in [2.75, 3.05) is 12.8 Å². The van der Waals surface area contributed by atoms with Crippen LogP contribution in [0, 0.1) is 0 Å². The quantitative estimate of drug-likeness (QED) is 0.508. The second-order valence-electron chi connectivity index (χ2n) is 8.10. The molecule has 0 saturated heterocycles. The van der Waals surface area contributed by atoms with E-state index in [1.807, 2.05) is 55.5 Å². The average Bonchev–Trinajstić information content (AvgIpc) is 3.13. The van der Waals surface area contributed by atoms with Crippen LogP contribution >= 0.6 is 0 Å². The lowest BCUT2D eigenvalue weighted by Gasteiger charge is -2.39. The van der Waals surface area contributed by atoms with E-state index in [1.165, 1.54) is 6.33 Å². The molecule has 2 heterocycles. The molecule has 1 aliphatic rings. The van der Waals surface area contributed by atoms with Crippen LogP contribution in [0.5, 0.6) is 17.2 Å². The van der Waals surface area contributed by atoms with Gasteiger partial charge < -0.3 is 20.3 Å². The van der Waals surface area contributed by atoms with E-state index in [-0.39, 0.29) is 5.92 Å². The molecule has 31 heavy (non-hydrogen) atoms. The predicted molar refractivity (Wildman–Crippen MR) is 116 cm³/mol. The van der Waals surface area contributed by atoms with E-state index in [9.17, 15) is 5.11 Å². The van der Waals surface area contributed by atoms with Gasteiger partial charge in [0, 0.05) is 17.5 Å². The minimum Gasteiger partial charge on any atom is -0.496 e. The lowest BCUT2D eigenvalue weighted by molar-refractivity contribution is -0.0337. The van der Waals surface area contributed by atoms with Gasteiger partial charge in [-0.15, -0.1) is 0 Å². The fraction of sp³-hybridized carbons (Fsp3) is 0.261. The van der Waals surface area contributed by atoms with Crippen LogP contribution in [0.4, 0.5) is 5.82 Å². The maximum atomic E-state index is 10.2. The van der Waals surface area contributed by atoms with Gasteiger partial charge in [-0.05, 0) is 44.0 Å². The summed E-state index contributed by atoms with van der Waals surface area (Å²) in [5.41, 5.74) is 7.57. The van der Waals surface area contributed by atoms with Crippen molar-refractivity contribution in [1.82, 2.24) is 19.6 Å². The highest BCUT2D eigenvalue weighted by molar-refractivity contribution is 5.87. The SMILES string of the molecule is COc1cc(Oc2ccccc2)ccc1-c1nc([C@H]2C[C@@](C)(O)C2)n2ncnc(N)c12. The van der Waals surface area contributed by atoms with Crippen molar-refractivity contribution in [1.29, 1.82) is 0 Å². The van der Waals surface area contributed by atoms with Gasteiger partial charge in [0.15, 0.2) is 5.82 Å². The molecule has 2 aromatic heterocycles. The third-order valence-corrected chi connectivity index (χ3v) is 5.63. The largest absolute Gasteiger partial charge is 0.496 e. The zero-order chi connectivity index (χ0) is 21.6. The summed E-state index contributed by atoms with van der Waals surface area (Å²) in [6.45, 7) is 1.83. The number of benzene rings is 2. The van der Waals surface area contributed by atoms with Gasteiger partial charge in [0.05, 0.1) is 12.7 Å². The Morgan fingerprint density at radius 2 is 1.90 bits per heavy atom. The second kappa shape index (κ2) is 7.24. The van der Waals surface area contributed by atoms with Crippen molar-refractivity contribution in [2.45, 2.75) is 31.3 Å². The molecule has 0 aliphatic heterocycles. The Labute approximate surface area is 179 Å². The Balaban J connectivity index is 1.59. The van der Waals surface area contributed by atoms with Gasteiger partial charge in [-0.3, -0.25) is 0 Å². The summed E-state index contributed by atoms with van der Waals surface area (Å²) in [4.78, 5) is 9.04. The number of hydrogen-bond donors (Lipinski definition) is 2. The number of fused-ring (bicyclic) bond motifs is 1. The molecule has 1 aliphatic carbocycles. The smallest absolute Gasteiger partial charge is 0.153 e. The highest BCUT2D eigenvalue weighted by Gasteiger charge is 2.42. The summed E-state index contributed by atoms with van der Waals surface area (Å²) in [5.74, 6) is 3.18. The summed E-state index contributed by atoms with van der Waals surface area (Å²) in [7, 11) is 1.60. The molecule has 8 nitrogen and oxygen atoms in total. The minimum absolute atomic E-state index is 0.0947. The molecule has 0 atom stereocenters. The Bertz CT molecular complexity index is 1250. The van der Waals surface area contributed by atoms with Crippen LogP contribution in [0.3, 0.4) is 0 Å². The third kappa shape index (κ3) is 3.44. The van der Waals surface area contributed by atoms with Gasteiger partial charge in [0.25, 0.3) is 0 Å². The van der Waals surface area contributed by atoms with E-state index in [0.29, 0.717) is 41.4 Å². The minimum atomic E-state index is -0.677. The zero-order valence-electron chi connectivity index (χ0n) is 17.3. The number of rotatable bonds is 5. The van der Waals surface area contributed by atoms with Crippen molar-refractivity contribution < 1.29 is 14.6 Å². The first kappa shape index (κ1) is 19.3. The Hall–Kier alpha value is -3.65. The molecule has 0 spiro atoms. The number of imidazole rings is 1. The topological polar surface area (TPSA) is 108 Å². The maximum Gasteiger partial charge on any atom is 0.153 e. The number of aliphatic hydroxyl groups is 1. The molecule has 1 saturated carbocycles. The summed E-state index contributed by atoms with van der Waals surface area (Å²) >= 11 is 0. The lowest BCUT2D eigenvalue weighted by Crippen LogP contribution is -2.40. The second-order valence-corrected chi connectivity index (χ2v) is 8.10. The zero-order valence-corrected chi connectivity index (χ0v) is 17.3. The number of nitrogen functional groups attached to an aromatic ring is 1. The van der Waals surface area contributed by atoms with Crippen LogP contribution in [-0.4, -0.2) is 37.4 Å². The van der Waals surface area contributed by atoms with E-state index in [0.717, 1.165) is 17.1 Å². The van der Waals surface area contributed by atoms with Crippen molar-refractivity contribution in [2.24, 2.45) is 0 Å². The normalized spacial score (nSPS) is 20.4. The van der Waals surface area contributed by atoms with Crippen molar-refractivity contribution in [3.05, 3.63) is 60.7 Å².